The van der Waals surface area contributed by atoms with Gasteiger partial charge < -0.3 is 10.2 Å². The van der Waals surface area contributed by atoms with Crippen LogP contribution in [0.5, 0.6) is 0 Å². The standard InChI is InChI=1S/C12H16ClN3O2/c1-15-5-4-9(8-15)7-14-11-3-2-10(13)6-12(11)16(17)18/h2-3,6,9,14H,4-5,7-8H2,1H3. The lowest BCUT2D eigenvalue weighted by Gasteiger charge is -2.12. The summed E-state index contributed by atoms with van der Waals surface area (Å²) in [6, 6.07) is 4.71. The molecule has 98 valence electrons. The van der Waals surface area contributed by atoms with E-state index >= 15 is 0 Å². The van der Waals surface area contributed by atoms with Crippen molar-refractivity contribution >= 4 is 23.0 Å². The van der Waals surface area contributed by atoms with Crippen LogP contribution >= 0.6 is 11.6 Å². The van der Waals surface area contributed by atoms with Crippen molar-refractivity contribution < 1.29 is 4.92 Å². The molecule has 1 aromatic carbocycles. The Morgan fingerprint density at radius 3 is 3.00 bits per heavy atom. The second-order valence-corrected chi connectivity index (χ2v) is 5.15. The molecule has 0 amide bonds. The fourth-order valence-electron chi connectivity index (χ4n) is 2.25. The molecule has 18 heavy (non-hydrogen) atoms. The summed E-state index contributed by atoms with van der Waals surface area (Å²) in [6.45, 7) is 2.89. The minimum Gasteiger partial charge on any atom is -0.379 e. The Morgan fingerprint density at radius 1 is 1.61 bits per heavy atom. The third-order valence-electron chi connectivity index (χ3n) is 3.23. The Labute approximate surface area is 111 Å². The zero-order valence-electron chi connectivity index (χ0n) is 10.2. The number of hydrogen-bond donors (Lipinski definition) is 1. The highest BCUT2D eigenvalue weighted by Crippen LogP contribution is 2.28. The average molecular weight is 270 g/mol. The maximum absolute atomic E-state index is 10.9. The fraction of sp³-hybridized carbons (Fsp3) is 0.500. The number of rotatable bonds is 4. The normalized spacial score (nSPS) is 20.0. The van der Waals surface area contributed by atoms with Crippen molar-refractivity contribution in [1.82, 2.24) is 4.90 Å². The maximum Gasteiger partial charge on any atom is 0.293 e. The van der Waals surface area contributed by atoms with E-state index in [1.165, 1.54) is 6.07 Å². The summed E-state index contributed by atoms with van der Waals surface area (Å²) in [5.41, 5.74) is 0.577. The third-order valence-corrected chi connectivity index (χ3v) is 3.46. The van der Waals surface area contributed by atoms with Crippen LogP contribution in [-0.4, -0.2) is 36.5 Å². The van der Waals surface area contributed by atoms with Gasteiger partial charge in [-0.3, -0.25) is 10.1 Å². The molecule has 0 spiro atoms. The van der Waals surface area contributed by atoms with Gasteiger partial charge in [-0.2, -0.15) is 0 Å². The van der Waals surface area contributed by atoms with Gasteiger partial charge in [0.15, 0.2) is 0 Å². The van der Waals surface area contributed by atoms with Crippen LogP contribution < -0.4 is 5.32 Å². The van der Waals surface area contributed by atoms with Gasteiger partial charge in [-0.25, -0.2) is 0 Å². The van der Waals surface area contributed by atoms with Crippen molar-refractivity contribution in [3.63, 3.8) is 0 Å². The molecule has 6 heteroatoms. The number of likely N-dealkylation sites (tertiary alicyclic amines) is 1. The topological polar surface area (TPSA) is 58.4 Å². The van der Waals surface area contributed by atoms with Crippen LogP contribution in [0.4, 0.5) is 11.4 Å². The number of nitrogens with one attached hydrogen (secondary N) is 1. The van der Waals surface area contributed by atoms with Gasteiger partial charge in [0.25, 0.3) is 5.69 Å². The van der Waals surface area contributed by atoms with Crippen molar-refractivity contribution in [1.29, 1.82) is 0 Å². The number of nitro groups is 1. The van der Waals surface area contributed by atoms with E-state index in [-0.39, 0.29) is 5.69 Å². The van der Waals surface area contributed by atoms with E-state index in [0.717, 1.165) is 26.1 Å². The lowest BCUT2D eigenvalue weighted by atomic mass is 10.1. The number of nitrogens with zero attached hydrogens (tertiary/aromatic N) is 2. The molecule has 0 aromatic heterocycles. The molecule has 1 aliphatic rings. The van der Waals surface area contributed by atoms with Crippen LogP contribution in [0.2, 0.25) is 5.02 Å². The van der Waals surface area contributed by atoms with Crippen LogP contribution in [-0.2, 0) is 0 Å². The Kier molecular flexibility index (Phi) is 4.04. The van der Waals surface area contributed by atoms with Crippen LogP contribution in [0, 0.1) is 16.0 Å². The predicted octanol–water partition coefficient (Wildman–Crippen LogP) is 2.61. The lowest BCUT2D eigenvalue weighted by molar-refractivity contribution is -0.383. The highest BCUT2D eigenvalue weighted by atomic mass is 35.5. The Bertz CT molecular complexity index is 453. The van der Waals surface area contributed by atoms with Gasteiger partial charge in [0.1, 0.15) is 5.69 Å². The number of nitro benzene ring substituents is 1. The van der Waals surface area contributed by atoms with Gasteiger partial charge >= 0.3 is 0 Å². The molecule has 0 radical (unpaired) electrons. The Balaban J connectivity index is 2.02. The van der Waals surface area contributed by atoms with E-state index in [1.807, 2.05) is 0 Å². The van der Waals surface area contributed by atoms with Gasteiger partial charge in [0.2, 0.25) is 0 Å². The molecule has 1 N–H and O–H groups in total. The zero-order chi connectivity index (χ0) is 13.1. The third kappa shape index (κ3) is 3.11. The number of benzene rings is 1. The van der Waals surface area contributed by atoms with Gasteiger partial charge in [-0.1, -0.05) is 11.6 Å². The van der Waals surface area contributed by atoms with Crippen molar-refractivity contribution in [2.75, 3.05) is 32.0 Å². The summed E-state index contributed by atoms with van der Waals surface area (Å²) in [6.07, 6.45) is 1.13. The molecule has 0 saturated carbocycles. The van der Waals surface area contributed by atoms with Crippen molar-refractivity contribution in [2.45, 2.75) is 6.42 Å². The van der Waals surface area contributed by atoms with Gasteiger partial charge in [0, 0.05) is 24.2 Å². The first-order chi connectivity index (χ1) is 8.56. The first kappa shape index (κ1) is 13.1. The molecule has 1 saturated heterocycles. The fourth-order valence-corrected chi connectivity index (χ4v) is 2.42. The maximum atomic E-state index is 10.9. The molecule has 1 unspecified atom stereocenters. The minimum absolute atomic E-state index is 0.0360. The SMILES string of the molecule is CN1CCC(CNc2ccc(Cl)cc2[N+](=O)[O-])C1. The molecular formula is C12H16ClN3O2. The second-order valence-electron chi connectivity index (χ2n) is 4.72. The van der Waals surface area contributed by atoms with Crippen LogP contribution in [0.3, 0.4) is 0 Å². The Hall–Kier alpha value is -1.33. The van der Waals surface area contributed by atoms with Crippen LogP contribution in [0.15, 0.2) is 18.2 Å². The molecule has 1 atom stereocenters. The summed E-state index contributed by atoms with van der Waals surface area (Å²) in [7, 11) is 2.09. The Morgan fingerprint density at radius 2 is 2.39 bits per heavy atom. The summed E-state index contributed by atoms with van der Waals surface area (Å²) < 4.78 is 0. The first-order valence-electron chi connectivity index (χ1n) is 5.92. The molecule has 2 rings (SSSR count). The van der Waals surface area contributed by atoms with E-state index in [0.29, 0.717) is 16.6 Å². The molecule has 0 aliphatic carbocycles. The molecule has 1 heterocycles. The van der Waals surface area contributed by atoms with Crippen LogP contribution in [0.25, 0.3) is 0 Å². The van der Waals surface area contributed by atoms with Crippen LogP contribution in [0.1, 0.15) is 6.42 Å². The van der Waals surface area contributed by atoms with Gasteiger partial charge in [0.05, 0.1) is 4.92 Å². The highest BCUT2D eigenvalue weighted by Gasteiger charge is 2.20. The van der Waals surface area contributed by atoms with Gasteiger partial charge in [-0.05, 0) is 38.1 Å². The zero-order valence-corrected chi connectivity index (χ0v) is 11.0. The van der Waals surface area contributed by atoms with Crippen molar-refractivity contribution in [3.8, 4) is 0 Å². The largest absolute Gasteiger partial charge is 0.379 e. The summed E-state index contributed by atoms with van der Waals surface area (Å²) >= 11 is 5.77. The predicted molar refractivity (Wildman–Crippen MR) is 72.2 cm³/mol. The minimum atomic E-state index is -0.408. The number of anilines is 1. The number of halogens is 1. The molecule has 1 fully saturated rings. The second kappa shape index (κ2) is 5.54. The van der Waals surface area contributed by atoms with E-state index in [9.17, 15) is 10.1 Å². The van der Waals surface area contributed by atoms with Crippen molar-refractivity contribution in [2.24, 2.45) is 5.92 Å². The first-order valence-corrected chi connectivity index (χ1v) is 6.30. The quantitative estimate of drug-likeness (QED) is 0.674. The molecule has 5 nitrogen and oxygen atoms in total. The lowest BCUT2D eigenvalue weighted by Crippen LogP contribution is -2.19. The molecule has 1 aromatic rings. The van der Waals surface area contributed by atoms with Crippen molar-refractivity contribution in [3.05, 3.63) is 33.3 Å². The number of hydrogen-bond acceptors (Lipinski definition) is 4. The van der Waals surface area contributed by atoms with Gasteiger partial charge in [-0.15, -0.1) is 0 Å². The molecule has 0 bridgehead atoms. The average Bonchev–Trinajstić information content (AvgIpc) is 2.73. The molecule has 1 aliphatic heterocycles. The monoisotopic (exact) mass is 269 g/mol. The van der Waals surface area contributed by atoms with E-state index < -0.39 is 4.92 Å². The van der Waals surface area contributed by atoms with E-state index in [2.05, 4.69) is 17.3 Å². The smallest absolute Gasteiger partial charge is 0.293 e. The summed E-state index contributed by atoms with van der Waals surface area (Å²) in [5, 5.41) is 14.5. The highest BCUT2D eigenvalue weighted by molar-refractivity contribution is 6.30. The molecular weight excluding hydrogens is 254 g/mol. The summed E-state index contributed by atoms with van der Waals surface area (Å²) in [4.78, 5) is 12.8. The summed E-state index contributed by atoms with van der Waals surface area (Å²) in [5.74, 6) is 0.547. The van der Waals surface area contributed by atoms with E-state index in [4.69, 9.17) is 11.6 Å². The van der Waals surface area contributed by atoms with E-state index in [1.54, 1.807) is 12.1 Å².